The molecule has 130 valence electrons. The van der Waals surface area contributed by atoms with Gasteiger partial charge in [0.2, 0.25) is 0 Å². The molecule has 0 fully saturated rings. The zero-order chi connectivity index (χ0) is 18.3. The summed E-state index contributed by atoms with van der Waals surface area (Å²) < 4.78 is 27.7. The quantitative estimate of drug-likeness (QED) is 0.759. The minimum atomic E-state index is -0.738. The van der Waals surface area contributed by atoms with Crippen molar-refractivity contribution in [1.82, 2.24) is 4.98 Å². The van der Waals surface area contributed by atoms with E-state index in [0.717, 1.165) is 23.8 Å². The Bertz CT molecular complexity index is 989. The van der Waals surface area contributed by atoms with Crippen LogP contribution in [0.4, 0.5) is 20.2 Å². The van der Waals surface area contributed by atoms with Gasteiger partial charge in [-0.05, 0) is 43.3 Å². The Labute approximate surface area is 149 Å². The molecule has 1 atom stereocenters. The topological polar surface area (TPSA) is 45.2 Å². The lowest BCUT2D eigenvalue weighted by atomic mass is 10.2. The van der Waals surface area contributed by atoms with Gasteiger partial charge in [0, 0.05) is 18.0 Å². The van der Waals surface area contributed by atoms with E-state index < -0.39 is 17.8 Å². The molecule has 3 aromatic rings. The standard InChI is InChI=1S/C20H15F2N3O/c1-12-4-7-14(8-5-12)25-19(18-15(20(25)26)3-2-10-23-18)24-17-11-13(21)6-9-16(17)22/h2-11,19,24H,1H3. The van der Waals surface area contributed by atoms with Gasteiger partial charge >= 0.3 is 0 Å². The van der Waals surface area contributed by atoms with Crippen LogP contribution in [0.5, 0.6) is 0 Å². The molecule has 0 spiro atoms. The zero-order valence-corrected chi connectivity index (χ0v) is 13.9. The molecule has 0 aliphatic carbocycles. The molecule has 1 unspecified atom stereocenters. The van der Waals surface area contributed by atoms with E-state index >= 15 is 0 Å². The minimum absolute atomic E-state index is 0.0292. The average Bonchev–Trinajstić information content (AvgIpc) is 2.92. The van der Waals surface area contributed by atoms with Crippen LogP contribution in [0.3, 0.4) is 0 Å². The number of benzene rings is 2. The summed E-state index contributed by atoms with van der Waals surface area (Å²) >= 11 is 0. The second-order valence-electron chi connectivity index (χ2n) is 6.12. The number of anilines is 2. The second kappa shape index (κ2) is 6.22. The molecule has 2 aromatic carbocycles. The number of amides is 1. The van der Waals surface area contributed by atoms with E-state index in [0.29, 0.717) is 16.9 Å². The van der Waals surface area contributed by atoms with Gasteiger partial charge in [0.05, 0.1) is 16.9 Å². The van der Waals surface area contributed by atoms with Gasteiger partial charge in [-0.3, -0.25) is 14.7 Å². The second-order valence-corrected chi connectivity index (χ2v) is 6.12. The summed E-state index contributed by atoms with van der Waals surface area (Å²) in [5, 5.41) is 2.93. The fourth-order valence-electron chi connectivity index (χ4n) is 3.05. The Kier molecular flexibility index (Phi) is 3.88. The lowest BCUT2D eigenvalue weighted by Crippen LogP contribution is -2.32. The molecule has 1 aromatic heterocycles. The first-order valence-corrected chi connectivity index (χ1v) is 8.11. The molecule has 6 heteroatoms. The van der Waals surface area contributed by atoms with Crippen LogP contribution in [0.15, 0.2) is 60.8 Å². The van der Waals surface area contributed by atoms with Crippen LogP contribution in [0, 0.1) is 18.6 Å². The maximum absolute atomic E-state index is 14.1. The van der Waals surface area contributed by atoms with Crippen LogP contribution in [0.25, 0.3) is 0 Å². The number of hydrogen-bond donors (Lipinski definition) is 1. The molecule has 0 saturated heterocycles. The number of pyridine rings is 1. The predicted molar refractivity (Wildman–Crippen MR) is 94.9 cm³/mol. The molecule has 26 heavy (non-hydrogen) atoms. The Morgan fingerprint density at radius 3 is 2.62 bits per heavy atom. The highest BCUT2D eigenvalue weighted by molar-refractivity contribution is 6.11. The highest BCUT2D eigenvalue weighted by Crippen LogP contribution is 2.37. The van der Waals surface area contributed by atoms with Crippen molar-refractivity contribution in [3.05, 3.63) is 89.2 Å². The predicted octanol–water partition coefficient (Wildman–Crippen LogP) is 4.44. The first-order valence-electron chi connectivity index (χ1n) is 8.11. The molecule has 1 amide bonds. The Hall–Kier alpha value is -3.28. The van der Waals surface area contributed by atoms with E-state index in [1.54, 1.807) is 18.3 Å². The van der Waals surface area contributed by atoms with Crippen LogP contribution in [-0.4, -0.2) is 10.9 Å². The Morgan fingerprint density at radius 2 is 1.85 bits per heavy atom. The monoisotopic (exact) mass is 351 g/mol. The number of rotatable bonds is 3. The lowest BCUT2D eigenvalue weighted by molar-refractivity contribution is 0.0993. The number of carbonyl (C=O) groups is 1. The molecule has 0 bridgehead atoms. The van der Waals surface area contributed by atoms with Gasteiger partial charge in [0.25, 0.3) is 5.91 Å². The number of fused-ring (bicyclic) bond motifs is 1. The summed E-state index contributed by atoms with van der Waals surface area (Å²) in [6.07, 6.45) is 0.833. The first-order chi connectivity index (χ1) is 12.5. The molecular formula is C20H15F2N3O. The van der Waals surface area contributed by atoms with Crippen molar-refractivity contribution in [2.75, 3.05) is 10.2 Å². The number of nitrogens with zero attached hydrogens (tertiary/aromatic N) is 2. The van der Waals surface area contributed by atoms with E-state index in [2.05, 4.69) is 10.3 Å². The van der Waals surface area contributed by atoms with Crippen molar-refractivity contribution in [2.45, 2.75) is 13.1 Å². The molecule has 0 saturated carbocycles. The smallest absolute Gasteiger partial charge is 0.262 e. The minimum Gasteiger partial charge on any atom is -0.357 e. The molecule has 4 rings (SSSR count). The number of aromatic nitrogens is 1. The third-order valence-electron chi connectivity index (χ3n) is 4.34. The van der Waals surface area contributed by atoms with Crippen LogP contribution in [0.2, 0.25) is 0 Å². The van der Waals surface area contributed by atoms with E-state index in [4.69, 9.17) is 0 Å². The third-order valence-corrected chi connectivity index (χ3v) is 4.34. The van der Waals surface area contributed by atoms with Gasteiger partial charge in [0.15, 0.2) is 6.17 Å². The van der Waals surface area contributed by atoms with Crippen LogP contribution in [0.1, 0.15) is 27.8 Å². The maximum Gasteiger partial charge on any atom is 0.262 e. The van der Waals surface area contributed by atoms with Gasteiger partial charge in [-0.1, -0.05) is 17.7 Å². The molecule has 0 radical (unpaired) electrons. The maximum atomic E-state index is 14.1. The third kappa shape index (κ3) is 2.69. The molecule has 1 aliphatic rings. The van der Waals surface area contributed by atoms with Crippen molar-refractivity contribution in [2.24, 2.45) is 0 Å². The van der Waals surface area contributed by atoms with E-state index in [-0.39, 0.29) is 11.6 Å². The van der Waals surface area contributed by atoms with Crippen LogP contribution < -0.4 is 10.2 Å². The summed E-state index contributed by atoms with van der Waals surface area (Å²) in [5.41, 5.74) is 2.58. The zero-order valence-electron chi connectivity index (χ0n) is 13.9. The highest BCUT2D eigenvalue weighted by atomic mass is 19.1. The largest absolute Gasteiger partial charge is 0.357 e. The van der Waals surface area contributed by atoms with Gasteiger partial charge in [-0.15, -0.1) is 0 Å². The molecule has 4 nitrogen and oxygen atoms in total. The van der Waals surface area contributed by atoms with Crippen molar-refractivity contribution in [3.63, 3.8) is 0 Å². The number of aryl methyl sites for hydroxylation is 1. The van der Waals surface area contributed by atoms with Crippen LogP contribution >= 0.6 is 0 Å². The number of hydrogen-bond acceptors (Lipinski definition) is 3. The Balaban J connectivity index is 1.80. The van der Waals surface area contributed by atoms with E-state index in [9.17, 15) is 13.6 Å². The highest BCUT2D eigenvalue weighted by Gasteiger charge is 2.39. The van der Waals surface area contributed by atoms with Crippen molar-refractivity contribution < 1.29 is 13.6 Å². The summed E-state index contributed by atoms with van der Waals surface area (Å²) in [4.78, 5) is 18.7. The van der Waals surface area contributed by atoms with E-state index in [1.807, 2.05) is 31.2 Å². The SMILES string of the molecule is Cc1ccc(N2C(=O)c3cccnc3C2Nc2cc(F)ccc2F)cc1. The van der Waals surface area contributed by atoms with Crippen molar-refractivity contribution in [3.8, 4) is 0 Å². The number of halogens is 2. The average molecular weight is 351 g/mol. The number of nitrogens with one attached hydrogen (secondary N) is 1. The normalized spacial score (nSPS) is 15.9. The van der Waals surface area contributed by atoms with Crippen molar-refractivity contribution in [1.29, 1.82) is 0 Å². The fraction of sp³-hybridized carbons (Fsp3) is 0.100. The first kappa shape index (κ1) is 16.2. The molecular weight excluding hydrogens is 336 g/mol. The summed E-state index contributed by atoms with van der Waals surface area (Å²) in [5.74, 6) is -1.42. The molecule has 1 aliphatic heterocycles. The van der Waals surface area contributed by atoms with Crippen molar-refractivity contribution >= 4 is 17.3 Å². The van der Waals surface area contributed by atoms with Gasteiger partial charge in [-0.2, -0.15) is 0 Å². The van der Waals surface area contributed by atoms with Gasteiger partial charge in [-0.25, -0.2) is 8.78 Å². The summed E-state index contributed by atoms with van der Waals surface area (Å²) in [7, 11) is 0. The van der Waals surface area contributed by atoms with Gasteiger partial charge < -0.3 is 5.32 Å². The Morgan fingerprint density at radius 1 is 1.08 bits per heavy atom. The molecule has 2 heterocycles. The lowest BCUT2D eigenvalue weighted by Gasteiger charge is -2.26. The molecule has 1 N–H and O–H groups in total. The summed E-state index contributed by atoms with van der Waals surface area (Å²) in [6, 6.07) is 13.9. The van der Waals surface area contributed by atoms with Gasteiger partial charge in [0.1, 0.15) is 11.6 Å². The van der Waals surface area contributed by atoms with E-state index in [1.165, 1.54) is 4.90 Å². The fourth-order valence-corrected chi connectivity index (χ4v) is 3.05. The number of carbonyl (C=O) groups excluding carboxylic acids is 1. The van der Waals surface area contributed by atoms with Crippen LogP contribution in [-0.2, 0) is 0 Å². The summed E-state index contributed by atoms with van der Waals surface area (Å²) in [6.45, 7) is 1.95.